The number of methoxy groups -OCH3 is 1. The third kappa shape index (κ3) is 6.64. The zero-order valence-electron chi connectivity index (χ0n) is 17.1. The van der Waals surface area contributed by atoms with Gasteiger partial charge in [-0.2, -0.15) is 0 Å². The average Bonchev–Trinajstić information content (AvgIpc) is 2.72. The number of hydrogen-bond acceptors (Lipinski definition) is 5. The lowest BCUT2D eigenvalue weighted by atomic mass is 10.2. The van der Waals surface area contributed by atoms with Gasteiger partial charge in [-0.05, 0) is 38.0 Å². The predicted octanol–water partition coefficient (Wildman–Crippen LogP) is 3.86. The normalized spacial score (nSPS) is 11.1. The second kappa shape index (κ2) is 11.7. The topological polar surface area (TPSA) is 77.0 Å². The van der Waals surface area contributed by atoms with E-state index in [2.05, 4.69) is 27.5 Å². The number of nitrogens with zero attached hydrogens (tertiary/aromatic N) is 2. The van der Waals surface area contributed by atoms with Crippen molar-refractivity contribution in [1.29, 1.82) is 0 Å². The van der Waals surface area contributed by atoms with Crippen molar-refractivity contribution in [3.8, 4) is 17.4 Å². The highest BCUT2D eigenvalue weighted by atomic mass is 16.5. The lowest BCUT2D eigenvalue weighted by Gasteiger charge is -2.14. The molecule has 2 rings (SSSR count). The molecule has 0 aliphatic heterocycles. The van der Waals surface area contributed by atoms with E-state index < -0.39 is 0 Å². The molecule has 0 aliphatic rings. The molecule has 2 aromatic rings. The Bertz CT molecular complexity index is 748. The molecular weight excluding hydrogens is 356 g/mol. The summed E-state index contributed by atoms with van der Waals surface area (Å²) >= 11 is 0. The Kier molecular flexibility index (Phi) is 8.91. The van der Waals surface area contributed by atoms with Gasteiger partial charge in [-0.1, -0.05) is 13.0 Å². The van der Waals surface area contributed by atoms with Gasteiger partial charge < -0.3 is 24.8 Å². The molecule has 0 fully saturated rings. The highest BCUT2D eigenvalue weighted by Gasteiger charge is 2.07. The fourth-order valence-corrected chi connectivity index (χ4v) is 2.43. The van der Waals surface area contributed by atoms with Gasteiger partial charge in [0.15, 0.2) is 17.5 Å². The van der Waals surface area contributed by atoms with Crippen molar-refractivity contribution in [2.45, 2.75) is 33.7 Å². The number of anilines is 1. The summed E-state index contributed by atoms with van der Waals surface area (Å²) in [4.78, 5) is 8.94. The first-order valence-electron chi connectivity index (χ1n) is 9.64. The maximum atomic E-state index is 5.56. The van der Waals surface area contributed by atoms with Gasteiger partial charge in [0.1, 0.15) is 0 Å². The van der Waals surface area contributed by atoms with E-state index in [9.17, 15) is 0 Å². The minimum absolute atomic E-state index is 0.505. The van der Waals surface area contributed by atoms with Crippen LogP contribution in [-0.4, -0.2) is 37.8 Å². The molecule has 1 aromatic heterocycles. The van der Waals surface area contributed by atoms with E-state index in [-0.39, 0.29) is 0 Å². The third-order valence-electron chi connectivity index (χ3n) is 3.74. The molecule has 152 valence electrons. The summed E-state index contributed by atoms with van der Waals surface area (Å²) in [6.07, 6.45) is 2.75. The maximum Gasteiger partial charge on any atom is 0.213 e. The summed E-state index contributed by atoms with van der Waals surface area (Å²) in [6, 6.07) is 9.55. The molecule has 0 spiro atoms. The lowest BCUT2D eigenvalue weighted by molar-refractivity contribution is 0.305. The van der Waals surface area contributed by atoms with Crippen LogP contribution in [-0.2, 0) is 6.54 Å². The van der Waals surface area contributed by atoms with Crippen molar-refractivity contribution in [2.75, 3.05) is 32.2 Å². The van der Waals surface area contributed by atoms with E-state index in [1.807, 2.05) is 44.2 Å². The van der Waals surface area contributed by atoms with Crippen LogP contribution < -0.4 is 24.8 Å². The van der Waals surface area contributed by atoms with Gasteiger partial charge in [-0.15, -0.1) is 0 Å². The molecular formula is C21H30N4O3. The SMILES string of the molecule is CCCOc1ccc(CN=C(NCC)Nc2ccc(OCC)c(OC)c2)cn1. The highest BCUT2D eigenvalue weighted by molar-refractivity contribution is 5.93. The second-order valence-corrected chi connectivity index (χ2v) is 5.97. The Morgan fingerprint density at radius 1 is 1.07 bits per heavy atom. The number of nitrogens with one attached hydrogen (secondary N) is 2. The van der Waals surface area contributed by atoms with Crippen LogP contribution in [0.15, 0.2) is 41.5 Å². The summed E-state index contributed by atoms with van der Waals surface area (Å²) in [6.45, 7) is 8.55. The number of ether oxygens (including phenoxy) is 3. The summed E-state index contributed by atoms with van der Waals surface area (Å²) in [5, 5.41) is 6.53. The Morgan fingerprint density at radius 3 is 2.57 bits per heavy atom. The lowest BCUT2D eigenvalue weighted by Crippen LogP contribution is -2.30. The van der Waals surface area contributed by atoms with E-state index in [0.717, 1.165) is 24.2 Å². The van der Waals surface area contributed by atoms with Gasteiger partial charge in [-0.25, -0.2) is 9.98 Å². The molecule has 0 radical (unpaired) electrons. The number of benzene rings is 1. The van der Waals surface area contributed by atoms with Crippen LogP contribution in [0.2, 0.25) is 0 Å². The molecule has 0 unspecified atom stereocenters. The Hall–Kier alpha value is -2.96. The van der Waals surface area contributed by atoms with Gasteiger partial charge in [0.2, 0.25) is 5.88 Å². The Morgan fingerprint density at radius 2 is 1.93 bits per heavy atom. The van der Waals surface area contributed by atoms with E-state index in [1.165, 1.54) is 0 Å². The number of hydrogen-bond donors (Lipinski definition) is 2. The second-order valence-electron chi connectivity index (χ2n) is 5.97. The van der Waals surface area contributed by atoms with Gasteiger partial charge >= 0.3 is 0 Å². The van der Waals surface area contributed by atoms with Crippen LogP contribution in [0.5, 0.6) is 17.4 Å². The molecule has 0 aliphatic carbocycles. The highest BCUT2D eigenvalue weighted by Crippen LogP contribution is 2.30. The molecule has 1 aromatic carbocycles. The molecule has 7 heteroatoms. The summed E-state index contributed by atoms with van der Waals surface area (Å²) in [7, 11) is 1.63. The summed E-state index contributed by atoms with van der Waals surface area (Å²) in [5.41, 5.74) is 1.87. The first-order chi connectivity index (χ1) is 13.7. The molecule has 2 N–H and O–H groups in total. The van der Waals surface area contributed by atoms with E-state index in [1.54, 1.807) is 13.3 Å². The van der Waals surface area contributed by atoms with Gasteiger partial charge in [0, 0.05) is 30.6 Å². The van der Waals surface area contributed by atoms with E-state index >= 15 is 0 Å². The fraction of sp³-hybridized carbons (Fsp3) is 0.429. The first kappa shape index (κ1) is 21.3. The minimum atomic E-state index is 0.505. The van der Waals surface area contributed by atoms with E-state index in [0.29, 0.717) is 43.1 Å². The van der Waals surface area contributed by atoms with Crippen LogP contribution in [0.3, 0.4) is 0 Å². The van der Waals surface area contributed by atoms with Crippen molar-refractivity contribution >= 4 is 11.6 Å². The van der Waals surface area contributed by atoms with Crippen molar-refractivity contribution in [3.63, 3.8) is 0 Å². The van der Waals surface area contributed by atoms with Crippen molar-refractivity contribution in [1.82, 2.24) is 10.3 Å². The first-order valence-corrected chi connectivity index (χ1v) is 9.64. The number of pyridine rings is 1. The van der Waals surface area contributed by atoms with Gasteiger partial charge in [-0.3, -0.25) is 0 Å². The average molecular weight is 386 g/mol. The summed E-state index contributed by atoms with van der Waals surface area (Å²) in [5.74, 6) is 2.71. The van der Waals surface area contributed by atoms with Crippen molar-refractivity contribution in [2.24, 2.45) is 4.99 Å². The van der Waals surface area contributed by atoms with Crippen LogP contribution in [0, 0.1) is 0 Å². The predicted molar refractivity (Wildman–Crippen MR) is 113 cm³/mol. The quantitative estimate of drug-likeness (QED) is 0.477. The third-order valence-corrected chi connectivity index (χ3v) is 3.74. The molecule has 0 bridgehead atoms. The smallest absolute Gasteiger partial charge is 0.213 e. The largest absolute Gasteiger partial charge is 0.493 e. The molecule has 0 saturated carbocycles. The van der Waals surface area contributed by atoms with Gasteiger partial charge in [0.05, 0.1) is 26.9 Å². The van der Waals surface area contributed by atoms with Crippen molar-refractivity contribution in [3.05, 3.63) is 42.1 Å². The van der Waals surface area contributed by atoms with Crippen LogP contribution in [0.4, 0.5) is 5.69 Å². The van der Waals surface area contributed by atoms with Crippen LogP contribution in [0.25, 0.3) is 0 Å². The Labute approximate surface area is 167 Å². The molecule has 0 atom stereocenters. The molecule has 7 nitrogen and oxygen atoms in total. The van der Waals surface area contributed by atoms with Crippen LogP contribution in [0.1, 0.15) is 32.8 Å². The van der Waals surface area contributed by atoms with E-state index in [4.69, 9.17) is 14.2 Å². The maximum absolute atomic E-state index is 5.56. The molecule has 0 saturated heterocycles. The fourth-order valence-electron chi connectivity index (χ4n) is 2.43. The van der Waals surface area contributed by atoms with Crippen LogP contribution >= 0.6 is 0 Å². The number of guanidine groups is 1. The monoisotopic (exact) mass is 386 g/mol. The minimum Gasteiger partial charge on any atom is -0.493 e. The Balaban J connectivity index is 2.05. The van der Waals surface area contributed by atoms with Gasteiger partial charge in [0.25, 0.3) is 0 Å². The molecule has 28 heavy (non-hydrogen) atoms. The zero-order valence-corrected chi connectivity index (χ0v) is 17.1. The number of aromatic nitrogens is 1. The standard InChI is InChI=1S/C21H30N4O3/c1-5-12-28-20-11-8-16(14-23-20)15-24-21(22-6-2)25-17-9-10-18(27-7-3)19(13-17)26-4/h8-11,13-14H,5-7,12,15H2,1-4H3,(H2,22,24,25). The number of aliphatic imine (C=N–C) groups is 1. The zero-order chi connectivity index (χ0) is 20.2. The van der Waals surface area contributed by atoms with Crippen molar-refractivity contribution < 1.29 is 14.2 Å². The number of rotatable bonds is 10. The molecule has 0 amide bonds. The summed E-state index contributed by atoms with van der Waals surface area (Å²) < 4.78 is 16.5. The molecule has 1 heterocycles.